The molecule has 1 aliphatic rings. The molecule has 0 radical (unpaired) electrons. The summed E-state index contributed by atoms with van der Waals surface area (Å²) in [7, 11) is 0. The second kappa shape index (κ2) is 13.3. The Morgan fingerprint density at radius 3 is 2.33 bits per heavy atom. The normalized spacial score (nSPS) is 17.5. The van der Waals surface area contributed by atoms with Crippen LogP contribution in [0.4, 0.5) is 5.69 Å². The molecule has 0 bridgehead atoms. The zero-order valence-electron chi connectivity index (χ0n) is 23.0. The van der Waals surface area contributed by atoms with E-state index in [2.05, 4.69) is 16.0 Å². The summed E-state index contributed by atoms with van der Waals surface area (Å²) >= 11 is 7.06. The number of rotatable bonds is 9. The Labute approximate surface area is 245 Å². The Morgan fingerprint density at radius 1 is 1.02 bits per heavy atom. The first-order valence-corrected chi connectivity index (χ1v) is 14.7. The van der Waals surface area contributed by atoms with Crippen LogP contribution in [0, 0.1) is 6.92 Å². The monoisotopic (exact) mass is 576 g/mol. The van der Waals surface area contributed by atoms with Gasteiger partial charge in [0.05, 0.1) is 11.9 Å². The average Bonchev–Trinajstić information content (AvgIpc) is 3.27. The van der Waals surface area contributed by atoms with Crippen molar-refractivity contribution in [3.05, 3.63) is 102 Å². The molecule has 4 rings (SSSR count). The summed E-state index contributed by atoms with van der Waals surface area (Å²) in [5.41, 5.74) is 3.84. The van der Waals surface area contributed by atoms with Gasteiger partial charge in [0, 0.05) is 17.0 Å². The van der Waals surface area contributed by atoms with Gasteiger partial charge >= 0.3 is 0 Å². The van der Waals surface area contributed by atoms with Crippen molar-refractivity contribution in [1.29, 1.82) is 0 Å². The number of carbonyl (C=O) groups is 2. The van der Waals surface area contributed by atoms with E-state index in [1.807, 2.05) is 106 Å². The van der Waals surface area contributed by atoms with E-state index >= 15 is 0 Å². The molecule has 9 heteroatoms. The quantitative estimate of drug-likeness (QED) is 0.283. The summed E-state index contributed by atoms with van der Waals surface area (Å²) in [6.07, 6.45) is -1.07. The SMILES string of the molecule is Cc1ccccc1CNC(=O)[C@H]1N(C(=O)[C@@H](O)[C@H](Cc2ccccc2)NC(=S)Nc2ccccc2)CSC1(C)C. The third-order valence-electron chi connectivity index (χ3n) is 7.07. The van der Waals surface area contributed by atoms with E-state index in [-0.39, 0.29) is 5.91 Å². The van der Waals surface area contributed by atoms with Crippen molar-refractivity contribution in [3.63, 3.8) is 0 Å². The molecular weight excluding hydrogens is 541 g/mol. The topological polar surface area (TPSA) is 93.7 Å². The van der Waals surface area contributed by atoms with Crippen molar-refractivity contribution in [2.75, 3.05) is 11.2 Å². The molecule has 3 aromatic rings. The summed E-state index contributed by atoms with van der Waals surface area (Å²) in [6.45, 7) is 6.27. The van der Waals surface area contributed by atoms with Gasteiger partial charge in [-0.1, -0.05) is 72.8 Å². The number of aliphatic hydroxyl groups excluding tert-OH is 1. The second-order valence-electron chi connectivity index (χ2n) is 10.4. The Hall–Kier alpha value is -3.40. The highest BCUT2D eigenvalue weighted by Gasteiger charge is 2.49. The maximum atomic E-state index is 13.8. The lowest BCUT2D eigenvalue weighted by atomic mass is 9.97. The molecule has 1 saturated heterocycles. The lowest BCUT2D eigenvalue weighted by molar-refractivity contribution is -0.147. The standard InChI is InChI=1S/C31H36N4O3S2/c1-21-12-10-11-15-23(21)19-32-28(37)27-31(2,3)40-20-35(27)29(38)26(36)25(18-22-13-6-4-7-14-22)34-30(39)33-24-16-8-5-9-17-24/h4-17,25-27,36H,18-20H2,1-3H3,(H,32,37)(H2,33,34,39)/t25-,26-,27+/m0/s1. The molecule has 0 aliphatic carbocycles. The number of amides is 2. The second-order valence-corrected chi connectivity index (χ2v) is 12.4. The van der Waals surface area contributed by atoms with Gasteiger partial charge in [0.25, 0.3) is 5.91 Å². The third-order valence-corrected chi connectivity index (χ3v) is 8.67. The van der Waals surface area contributed by atoms with Crippen molar-refractivity contribution >= 4 is 46.6 Å². The van der Waals surface area contributed by atoms with E-state index in [9.17, 15) is 14.7 Å². The lowest BCUT2D eigenvalue weighted by Crippen LogP contribution is -2.59. The number of thioether (sulfide) groups is 1. The highest BCUT2D eigenvalue weighted by Crippen LogP contribution is 2.40. The predicted molar refractivity (Wildman–Crippen MR) is 166 cm³/mol. The molecule has 2 amide bonds. The zero-order chi connectivity index (χ0) is 28.7. The molecule has 3 aromatic carbocycles. The van der Waals surface area contributed by atoms with Crippen molar-refractivity contribution in [1.82, 2.24) is 15.5 Å². The predicted octanol–water partition coefficient (Wildman–Crippen LogP) is 4.25. The Balaban J connectivity index is 1.51. The fourth-order valence-corrected chi connectivity index (χ4v) is 6.22. The number of benzene rings is 3. The van der Waals surface area contributed by atoms with Crippen LogP contribution in [-0.2, 0) is 22.6 Å². The largest absolute Gasteiger partial charge is 0.381 e. The number of hydrogen-bond donors (Lipinski definition) is 4. The lowest BCUT2D eigenvalue weighted by Gasteiger charge is -2.33. The van der Waals surface area contributed by atoms with Gasteiger partial charge in [-0.05, 0) is 68.2 Å². The van der Waals surface area contributed by atoms with E-state index in [0.29, 0.717) is 24.0 Å². The summed E-state index contributed by atoms with van der Waals surface area (Å²) < 4.78 is -0.530. The average molecular weight is 577 g/mol. The molecule has 1 aliphatic heterocycles. The van der Waals surface area contributed by atoms with Gasteiger partial charge in [-0.3, -0.25) is 9.59 Å². The molecule has 7 nitrogen and oxygen atoms in total. The number of anilines is 1. The smallest absolute Gasteiger partial charge is 0.254 e. The van der Waals surface area contributed by atoms with Crippen LogP contribution in [0.15, 0.2) is 84.9 Å². The first-order valence-electron chi connectivity index (χ1n) is 13.3. The van der Waals surface area contributed by atoms with E-state index in [4.69, 9.17) is 12.2 Å². The first kappa shape index (κ1) is 29.6. The Bertz CT molecular complexity index is 1320. The Morgan fingerprint density at radius 2 is 1.65 bits per heavy atom. The number of aryl methyl sites for hydroxylation is 1. The van der Waals surface area contributed by atoms with Crippen LogP contribution in [0.5, 0.6) is 0 Å². The number of nitrogens with one attached hydrogen (secondary N) is 3. The molecule has 210 valence electrons. The molecule has 3 atom stereocenters. The number of carbonyl (C=O) groups excluding carboxylic acids is 2. The number of hydrogen-bond acceptors (Lipinski definition) is 5. The van der Waals surface area contributed by atoms with Crippen molar-refractivity contribution in [2.24, 2.45) is 0 Å². The molecule has 1 fully saturated rings. The maximum absolute atomic E-state index is 13.8. The van der Waals surface area contributed by atoms with E-state index < -0.39 is 28.8 Å². The fraction of sp³-hybridized carbons (Fsp3) is 0.323. The van der Waals surface area contributed by atoms with Gasteiger partial charge in [0.2, 0.25) is 5.91 Å². The van der Waals surface area contributed by atoms with Crippen LogP contribution in [0.3, 0.4) is 0 Å². The molecule has 0 aromatic heterocycles. The van der Waals surface area contributed by atoms with Crippen LogP contribution in [0.1, 0.15) is 30.5 Å². The van der Waals surface area contributed by atoms with Gasteiger partial charge < -0.3 is 26.0 Å². The molecule has 40 heavy (non-hydrogen) atoms. The summed E-state index contributed by atoms with van der Waals surface area (Å²) in [6, 6.07) is 25.5. The van der Waals surface area contributed by atoms with Crippen molar-refractivity contribution < 1.29 is 14.7 Å². The Kier molecular flexibility index (Phi) is 9.84. The van der Waals surface area contributed by atoms with E-state index in [1.54, 1.807) is 0 Å². The van der Waals surface area contributed by atoms with Crippen LogP contribution in [-0.4, -0.2) is 55.7 Å². The highest BCUT2D eigenvalue weighted by molar-refractivity contribution is 8.00. The number of thiocarbonyl (C=S) groups is 1. The van der Waals surface area contributed by atoms with Gasteiger partial charge in [0.1, 0.15) is 6.04 Å². The van der Waals surface area contributed by atoms with Crippen LogP contribution in [0.25, 0.3) is 0 Å². The summed E-state index contributed by atoms with van der Waals surface area (Å²) in [5.74, 6) is -0.450. The minimum absolute atomic E-state index is 0.243. The minimum Gasteiger partial charge on any atom is -0.381 e. The minimum atomic E-state index is -1.43. The first-order chi connectivity index (χ1) is 19.2. The molecule has 4 N–H and O–H groups in total. The van der Waals surface area contributed by atoms with Gasteiger partial charge in [-0.25, -0.2) is 0 Å². The summed E-state index contributed by atoms with van der Waals surface area (Å²) in [5, 5.41) is 21.0. The molecule has 0 saturated carbocycles. The van der Waals surface area contributed by atoms with Crippen LogP contribution >= 0.6 is 24.0 Å². The van der Waals surface area contributed by atoms with Crippen molar-refractivity contribution in [3.8, 4) is 0 Å². The van der Waals surface area contributed by atoms with E-state index in [1.165, 1.54) is 16.7 Å². The van der Waals surface area contributed by atoms with Gasteiger partial charge in [-0.15, -0.1) is 11.8 Å². The summed E-state index contributed by atoms with van der Waals surface area (Å²) in [4.78, 5) is 28.8. The van der Waals surface area contributed by atoms with Gasteiger partial charge in [-0.2, -0.15) is 0 Å². The van der Waals surface area contributed by atoms with E-state index in [0.717, 1.165) is 22.4 Å². The van der Waals surface area contributed by atoms with Crippen LogP contribution < -0.4 is 16.0 Å². The zero-order valence-corrected chi connectivity index (χ0v) is 24.6. The molecule has 1 heterocycles. The number of nitrogens with zero attached hydrogens (tertiary/aromatic N) is 1. The fourth-order valence-electron chi connectivity index (χ4n) is 4.81. The number of aliphatic hydroxyl groups is 1. The molecule has 0 spiro atoms. The highest BCUT2D eigenvalue weighted by atomic mass is 32.2. The maximum Gasteiger partial charge on any atom is 0.254 e. The molecule has 0 unspecified atom stereocenters. The van der Waals surface area contributed by atoms with Gasteiger partial charge in [0.15, 0.2) is 11.2 Å². The molecular formula is C31H36N4O3S2. The number of para-hydroxylation sites is 1. The third kappa shape index (κ3) is 7.41. The van der Waals surface area contributed by atoms with Crippen molar-refractivity contribution in [2.45, 2.75) is 56.7 Å². The van der Waals surface area contributed by atoms with Crippen LogP contribution in [0.2, 0.25) is 0 Å².